The molecule has 0 aromatic rings. The zero-order valence-electron chi connectivity index (χ0n) is 28.3. The van der Waals surface area contributed by atoms with Crippen molar-refractivity contribution in [2.75, 3.05) is 39.4 Å². The van der Waals surface area contributed by atoms with Crippen molar-refractivity contribution in [3.8, 4) is 0 Å². The molecule has 18 heteroatoms. The summed E-state index contributed by atoms with van der Waals surface area (Å²) < 4.78 is 21.7. The van der Waals surface area contributed by atoms with Crippen LogP contribution in [0, 0.1) is 5.92 Å². The Bertz CT molecular complexity index is 1090. The van der Waals surface area contributed by atoms with E-state index in [0.29, 0.717) is 25.8 Å². The van der Waals surface area contributed by atoms with Crippen molar-refractivity contribution in [3.05, 3.63) is 0 Å². The molecular formula is C31H54N4O14. The summed E-state index contributed by atoms with van der Waals surface area (Å²) in [4.78, 5) is 52.8. The topological polar surface area (TPSA) is 266 Å². The number of hydrogen-bond acceptors (Lipinski definition) is 14. The Morgan fingerprint density at radius 1 is 0.694 bits per heavy atom. The molecule has 12 atom stereocenters. The first-order chi connectivity index (χ1) is 23.3. The van der Waals surface area contributed by atoms with E-state index in [4.69, 9.17) is 18.9 Å². The highest BCUT2D eigenvalue weighted by atomic mass is 16.7. The van der Waals surface area contributed by atoms with E-state index in [0.717, 1.165) is 0 Å². The Hall–Kier alpha value is -2.52. The number of carbonyl (C=O) groups excluding carboxylic acids is 4. The number of aliphatic hydroxyl groups is 6. The van der Waals surface area contributed by atoms with Gasteiger partial charge in [-0.15, -0.1) is 0 Å². The van der Waals surface area contributed by atoms with Gasteiger partial charge in [-0.2, -0.15) is 0 Å². The Kier molecular flexibility index (Phi) is 16.5. The van der Waals surface area contributed by atoms with Crippen LogP contribution in [0.15, 0.2) is 0 Å². The molecule has 0 aromatic heterocycles. The maximum Gasteiger partial charge on any atom is 0.242 e. The van der Waals surface area contributed by atoms with Crippen LogP contribution >= 0.6 is 0 Å². The summed E-state index contributed by atoms with van der Waals surface area (Å²) in [7, 11) is 0. The van der Waals surface area contributed by atoms with E-state index in [1.54, 1.807) is 0 Å². The average molecular weight is 707 g/mol. The van der Waals surface area contributed by atoms with Gasteiger partial charge in [0, 0.05) is 39.0 Å². The summed E-state index contributed by atoms with van der Waals surface area (Å²) in [5.74, 6) is -1.92. The van der Waals surface area contributed by atoms with Gasteiger partial charge >= 0.3 is 0 Å². The van der Waals surface area contributed by atoms with E-state index < -0.39 is 79.3 Å². The SMILES string of the molecule is CCNC(=O)CCCCC(=O)N1C[C@H](C(=O)NCCO[C@@H]2O[C@@H](C)[C@@H](O)[C@@H](O)[C@@H]2O)CC[C@@H]1C(=O)NCCO[C@@H]1O[C@@H](C)[C@@H](O)[C@@H](O)[C@@H]1O. The number of likely N-dealkylation sites (tertiary alicyclic amines) is 1. The molecule has 3 aliphatic rings. The molecule has 4 amide bonds. The molecule has 0 bridgehead atoms. The summed E-state index contributed by atoms with van der Waals surface area (Å²) in [5, 5.41) is 68.0. The van der Waals surface area contributed by atoms with E-state index in [1.165, 1.54) is 18.7 Å². The van der Waals surface area contributed by atoms with Gasteiger partial charge in [-0.1, -0.05) is 0 Å². The maximum absolute atomic E-state index is 13.4. The number of carbonyl (C=O) groups is 4. The summed E-state index contributed by atoms with van der Waals surface area (Å²) >= 11 is 0. The lowest BCUT2D eigenvalue weighted by Crippen LogP contribution is -2.58. The number of ether oxygens (including phenoxy) is 4. The molecule has 0 aromatic carbocycles. The quantitative estimate of drug-likeness (QED) is 0.0698. The maximum atomic E-state index is 13.4. The number of amides is 4. The predicted octanol–water partition coefficient (Wildman–Crippen LogP) is -3.79. The van der Waals surface area contributed by atoms with Gasteiger partial charge in [0.25, 0.3) is 0 Å². The lowest BCUT2D eigenvalue weighted by Gasteiger charge is -2.39. The summed E-state index contributed by atoms with van der Waals surface area (Å²) in [6, 6.07) is -0.870. The fourth-order valence-electron chi connectivity index (χ4n) is 5.99. The first-order valence-corrected chi connectivity index (χ1v) is 17.0. The normalized spacial score (nSPS) is 35.0. The van der Waals surface area contributed by atoms with Crippen molar-refractivity contribution >= 4 is 23.6 Å². The molecule has 3 aliphatic heterocycles. The van der Waals surface area contributed by atoms with Crippen molar-refractivity contribution in [3.63, 3.8) is 0 Å². The molecule has 3 fully saturated rings. The summed E-state index contributed by atoms with van der Waals surface area (Å²) in [6.07, 6.45) is -10.7. The van der Waals surface area contributed by atoms with Crippen molar-refractivity contribution in [1.29, 1.82) is 0 Å². The van der Waals surface area contributed by atoms with Gasteiger partial charge in [-0.3, -0.25) is 19.2 Å². The van der Waals surface area contributed by atoms with E-state index in [1.807, 2.05) is 6.92 Å². The number of piperidine rings is 1. The van der Waals surface area contributed by atoms with E-state index in [9.17, 15) is 49.8 Å². The van der Waals surface area contributed by atoms with Gasteiger partial charge in [0.15, 0.2) is 12.6 Å². The summed E-state index contributed by atoms with van der Waals surface area (Å²) in [5.41, 5.74) is 0. The molecule has 0 saturated carbocycles. The molecule has 0 spiro atoms. The van der Waals surface area contributed by atoms with Gasteiger partial charge in [0.1, 0.15) is 42.7 Å². The number of nitrogens with one attached hydrogen (secondary N) is 3. The van der Waals surface area contributed by atoms with Crippen LogP contribution in [0.25, 0.3) is 0 Å². The van der Waals surface area contributed by atoms with E-state index >= 15 is 0 Å². The van der Waals surface area contributed by atoms with Crippen molar-refractivity contribution < 1.29 is 68.8 Å². The van der Waals surface area contributed by atoms with Gasteiger partial charge in [0.2, 0.25) is 23.6 Å². The van der Waals surface area contributed by atoms with E-state index in [2.05, 4.69) is 16.0 Å². The molecule has 49 heavy (non-hydrogen) atoms. The minimum atomic E-state index is -1.49. The number of hydrogen-bond donors (Lipinski definition) is 9. The lowest BCUT2D eigenvalue weighted by atomic mass is 9.91. The molecule has 0 aliphatic carbocycles. The minimum absolute atomic E-state index is 0.0123. The van der Waals surface area contributed by atoms with Gasteiger partial charge < -0.3 is 70.4 Å². The molecule has 282 valence electrons. The second-order valence-corrected chi connectivity index (χ2v) is 12.7. The molecule has 18 nitrogen and oxygen atoms in total. The standard InChI is InChI=1S/C31H54N4O14/c1-4-32-20(36)7-5-6-8-21(37)35-15-18(28(44)33-11-13-46-30-26(42)24(40)22(38)16(2)48-30)9-10-19(35)29(45)34-12-14-47-31-27(43)25(41)23(39)17(3)49-31/h16-19,22-27,30-31,38-43H,4-15H2,1-3H3,(H,32,36)(H,33,44)(H,34,45)/t16-,17-,18+,19+,22+,23+,24+,25+,26-,27-,30+,31+/m0/s1. The second-order valence-electron chi connectivity index (χ2n) is 12.7. The lowest BCUT2D eigenvalue weighted by molar-refractivity contribution is -0.292. The fraction of sp³-hybridized carbons (Fsp3) is 0.871. The molecule has 0 unspecified atom stereocenters. The molecule has 3 saturated heterocycles. The minimum Gasteiger partial charge on any atom is -0.388 e. The van der Waals surface area contributed by atoms with Gasteiger partial charge in [-0.05, 0) is 46.5 Å². The highest BCUT2D eigenvalue weighted by Crippen LogP contribution is 2.25. The van der Waals surface area contributed by atoms with Crippen molar-refractivity contribution in [2.45, 2.75) is 127 Å². The van der Waals surface area contributed by atoms with Crippen LogP contribution in [0.2, 0.25) is 0 Å². The first-order valence-electron chi connectivity index (χ1n) is 17.0. The van der Waals surface area contributed by atoms with Crippen LogP contribution in [-0.2, 0) is 38.1 Å². The first kappa shape index (κ1) is 40.9. The van der Waals surface area contributed by atoms with Crippen LogP contribution in [0.3, 0.4) is 0 Å². The van der Waals surface area contributed by atoms with Crippen molar-refractivity contribution in [1.82, 2.24) is 20.9 Å². The van der Waals surface area contributed by atoms with Crippen LogP contribution in [0.1, 0.15) is 59.3 Å². The van der Waals surface area contributed by atoms with Gasteiger partial charge in [-0.25, -0.2) is 0 Å². The Balaban J connectivity index is 1.51. The Morgan fingerprint density at radius 3 is 1.73 bits per heavy atom. The predicted molar refractivity (Wildman–Crippen MR) is 168 cm³/mol. The molecular weight excluding hydrogens is 652 g/mol. The fourth-order valence-corrected chi connectivity index (χ4v) is 5.99. The highest BCUT2D eigenvalue weighted by Gasteiger charge is 2.44. The third-order valence-corrected chi connectivity index (χ3v) is 8.98. The van der Waals surface area contributed by atoms with Crippen LogP contribution < -0.4 is 16.0 Å². The Labute approximate surface area is 285 Å². The molecule has 9 N–H and O–H groups in total. The van der Waals surface area contributed by atoms with Crippen LogP contribution in [-0.4, -0.2) is 166 Å². The van der Waals surface area contributed by atoms with E-state index in [-0.39, 0.29) is 69.8 Å². The average Bonchev–Trinajstić information content (AvgIpc) is 3.08. The zero-order valence-corrected chi connectivity index (χ0v) is 28.3. The monoisotopic (exact) mass is 706 g/mol. The van der Waals surface area contributed by atoms with Crippen LogP contribution in [0.5, 0.6) is 0 Å². The molecule has 3 rings (SSSR count). The Morgan fingerprint density at radius 2 is 1.20 bits per heavy atom. The largest absolute Gasteiger partial charge is 0.388 e. The second kappa shape index (κ2) is 19.8. The van der Waals surface area contributed by atoms with Gasteiger partial charge in [0.05, 0.1) is 31.3 Å². The number of rotatable bonds is 16. The number of unbranched alkanes of at least 4 members (excludes halogenated alkanes) is 1. The smallest absolute Gasteiger partial charge is 0.242 e. The zero-order chi connectivity index (χ0) is 36.2. The molecule has 0 radical (unpaired) electrons. The summed E-state index contributed by atoms with van der Waals surface area (Å²) in [6.45, 7) is 5.18. The molecule has 3 heterocycles. The third kappa shape index (κ3) is 11.5. The highest BCUT2D eigenvalue weighted by molar-refractivity contribution is 5.89. The van der Waals surface area contributed by atoms with Crippen molar-refractivity contribution in [2.24, 2.45) is 5.92 Å². The number of aliphatic hydroxyl groups excluding tert-OH is 6. The third-order valence-electron chi connectivity index (χ3n) is 8.98. The number of nitrogens with zero attached hydrogens (tertiary/aromatic N) is 1. The van der Waals surface area contributed by atoms with Crippen LogP contribution in [0.4, 0.5) is 0 Å².